The number of nitrogens with zero attached hydrogens (tertiary/aromatic N) is 2. The van der Waals surface area contributed by atoms with Crippen LogP contribution in [-0.2, 0) is 0 Å². The second-order valence-corrected chi connectivity index (χ2v) is 5.50. The molecule has 4 nitrogen and oxygen atoms in total. The first-order valence-electron chi connectivity index (χ1n) is 4.94. The third-order valence-electron chi connectivity index (χ3n) is 2.53. The Hall–Kier alpha value is -1.84. The minimum atomic E-state index is -0.444. The van der Waals surface area contributed by atoms with Gasteiger partial charge in [0.15, 0.2) is 0 Å². The van der Waals surface area contributed by atoms with Crippen LogP contribution in [0, 0.1) is 0 Å². The number of carbonyl (C=O) groups excluding carboxylic acids is 2. The van der Waals surface area contributed by atoms with Gasteiger partial charge in [0.25, 0.3) is 0 Å². The van der Waals surface area contributed by atoms with E-state index in [9.17, 15) is 9.59 Å². The normalized spacial score (nSPS) is 13.9. The topological polar surface area (TPSA) is 58.9 Å². The maximum atomic E-state index is 11.8. The zero-order valence-corrected chi connectivity index (χ0v) is 10.3. The van der Waals surface area contributed by atoms with Crippen LogP contribution in [0.3, 0.4) is 0 Å². The van der Waals surface area contributed by atoms with Gasteiger partial charge in [-0.15, -0.1) is 0 Å². The fourth-order valence-corrected chi connectivity index (χ4v) is 3.38. The van der Waals surface area contributed by atoms with Crippen molar-refractivity contribution < 1.29 is 9.59 Å². The van der Waals surface area contributed by atoms with E-state index in [0.29, 0.717) is 11.1 Å². The number of carbonyl (C=O) groups is 2. The van der Waals surface area contributed by atoms with E-state index >= 15 is 0 Å². The number of rotatable bonds is 1. The number of hydrogen-bond acceptors (Lipinski definition) is 2. The van der Waals surface area contributed by atoms with Crippen molar-refractivity contribution in [1.29, 1.82) is 0 Å². The van der Waals surface area contributed by atoms with Crippen LogP contribution in [0.15, 0.2) is 45.5 Å². The van der Waals surface area contributed by atoms with Gasteiger partial charge in [-0.05, 0) is 0 Å². The summed E-state index contributed by atoms with van der Waals surface area (Å²) in [5.41, 5.74) is 1.56. The molecule has 0 radical (unpaired) electrons. The molecule has 0 atom stereocenters. The first-order valence-corrected chi connectivity index (χ1v) is 6.79. The maximum absolute atomic E-state index is 11.8. The van der Waals surface area contributed by atoms with Gasteiger partial charge in [-0.1, -0.05) is 0 Å². The molecule has 0 bridgehead atoms. The molecular formula is C12H6N2O2Se. The van der Waals surface area contributed by atoms with Gasteiger partial charge in [0.2, 0.25) is 0 Å². The summed E-state index contributed by atoms with van der Waals surface area (Å²) in [6.45, 7) is 0. The second-order valence-electron chi connectivity index (χ2n) is 3.52. The van der Waals surface area contributed by atoms with Crippen molar-refractivity contribution in [1.82, 2.24) is 0 Å². The summed E-state index contributed by atoms with van der Waals surface area (Å²) in [4.78, 5) is 25.4. The van der Waals surface area contributed by atoms with Gasteiger partial charge in [-0.25, -0.2) is 0 Å². The summed E-state index contributed by atoms with van der Waals surface area (Å²) < 4.78 is 1.09. The molecule has 3 rings (SSSR count). The fraction of sp³-hybridized carbons (Fsp3) is 0. The van der Waals surface area contributed by atoms with Crippen molar-refractivity contribution in [3.8, 4) is 10.0 Å². The van der Waals surface area contributed by atoms with Gasteiger partial charge >= 0.3 is 103 Å². The zero-order valence-electron chi connectivity index (χ0n) is 8.58. The van der Waals surface area contributed by atoms with E-state index in [-0.39, 0.29) is 14.5 Å². The number of amides is 2. The minimum absolute atomic E-state index is 0.215. The second kappa shape index (κ2) is 3.87. The van der Waals surface area contributed by atoms with Crippen LogP contribution in [0.25, 0.3) is 10.0 Å². The zero-order chi connectivity index (χ0) is 11.8. The molecule has 2 aromatic rings. The Morgan fingerprint density at radius 1 is 0.882 bits per heavy atom. The van der Waals surface area contributed by atoms with Crippen LogP contribution in [0.4, 0.5) is 0 Å². The Labute approximate surface area is 103 Å². The third-order valence-corrected chi connectivity index (χ3v) is 4.42. The van der Waals surface area contributed by atoms with Crippen LogP contribution in [0.1, 0.15) is 20.7 Å². The van der Waals surface area contributed by atoms with Crippen LogP contribution < -0.4 is 0 Å². The Morgan fingerprint density at radius 2 is 1.65 bits per heavy atom. The summed E-state index contributed by atoms with van der Waals surface area (Å²) in [5.74, 6) is -0.876. The van der Waals surface area contributed by atoms with E-state index in [4.69, 9.17) is 0 Å². The van der Waals surface area contributed by atoms with Gasteiger partial charge in [-0.2, -0.15) is 0 Å². The van der Waals surface area contributed by atoms with E-state index in [1.54, 1.807) is 12.1 Å². The monoisotopic (exact) mass is 290 g/mol. The summed E-state index contributed by atoms with van der Waals surface area (Å²) in [6.07, 6.45) is 0. The Morgan fingerprint density at radius 3 is 2.41 bits per heavy atom. The molecule has 0 aliphatic carbocycles. The van der Waals surface area contributed by atoms with Gasteiger partial charge in [0.1, 0.15) is 0 Å². The summed E-state index contributed by atoms with van der Waals surface area (Å²) in [7, 11) is 0. The summed E-state index contributed by atoms with van der Waals surface area (Å²) in [6, 6.07) is 9.18. The predicted octanol–water partition coefficient (Wildman–Crippen LogP) is 2.16. The molecule has 1 aromatic heterocycles. The van der Waals surface area contributed by atoms with E-state index in [2.05, 4.69) is 15.2 Å². The Kier molecular flexibility index (Phi) is 2.35. The molecule has 0 saturated carbocycles. The molecule has 0 N–H and O–H groups in total. The molecule has 0 fully saturated rings. The van der Waals surface area contributed by atoms with Crippen LogP contribution in [0.2, 0.25) is 0 Å². The van der Waals surface area contributed by atoms with Crippen LogP contribution in [0.5, 0.6) is 0 Å². The quantitative estimate of drug-likeness (QED) is 0.755. The average molecular weight is 289 g/mol. The molecule has 82 valence electrons. The molecule has 2 amide bonds. The standard InChI is InChI=1S/C12H6N2O2Se/c15-11-8-4-1-3-7(9-5-2-6-17-9)10(8)12(16)14-13-11/h1-6H. The predicted molar refractivity (Wildman–Crippen MR) is 62.3 cm³/mol. The fourth-order valence-electron chi connectivity index (χ4n) is 1.79. The van der Waals surface area contributed by atoms with Gasteiger partial charge in [0, 0.05) is 0 Å². The first-order chi connectivity index (χ1) is 8.27. The molecule has 0 unspecified atom stereocenters. The molecule has 1 aromatic carbocycles. The van der Waals surface area contributed by atoms with E-state index in [0.717, 1.165) is 10.0 Å². The van der Waals surface area contributed by atoms with E-state index in [1.165, 1.54) is 0 Å². The molecule has 0 spiro atoms. The average Bonchev–Trinajstić information content (AvgIpc) is 2.87. The SMILES string of the molecule is O=C1N=NC(=O)c2c1cccc2-c1ccc[se]1. The van der Waals surface area contributed by atoms with Crippen molar-refractivity contribution in [3.63, 3.8) is 0 Å². The molecule has 0 saturated heterocycles. The van der Waals surface area contributed by atoms with Crippen molar-refractivity contribution >= 4 is 26.3 Å². The number of azo groups is 1. The van der Waals surface area contributed by atoms with E-state index < -0.39 is 11.8 Å². The van der Waals surface area contributed by atoms with Gasteiger partial charge in [-0.3, -0.25) is 0 Å². The number of fused-ring (bicyclic) bond motifs is 1. The molecule has 1 aliphatic heterocycles. The molecular weight excluding hydrogens is 283 g/mol. The van der Waals surface area contributed by atoms with Crippen molar-refractivity contribution in [2.24, 2.45) is 10.2 Å². The van der Waals surface area contributed by atoms with Crippen LogP contribution >= 0.6 is 0 Å². The molecule has 17 heavy (non-hydrogen) atoms. The summed E-state index contributed by atoms with van der Waals surface area (Å²) >= 11 is 0.215. The number of benzene rings is 1. The molecule has 5 heteroatoms. The summed E-state index contributed by atoms with van der Waals surface area (Å²) in [5, 5.41) is 6.71. The first kappa shape index (κ1) is 10.3. The van der Waals surface area contributed by atoms with Crippen molar-refractivity contribution in [3.05, 3.63) is 46.4 Å². The van der Waals surface area contributed by atoms with Gasteiger partial charge < -0.3 is 0 Å². The van der Waals surface area contributed by atoms with Gasteiger partial charge in [0.05, 0.1) is 0 Å². The molecule has 1 aliphatic rings. The van der Waals surface area contributed by atoms with Crippen LogP contribution in [-0.4, -0.2) is 26.3 Å². The third kappa shape index (κ3) is 1.60. The van der Waals surface area contributed by atoms with E-state index in [1.807, 2.05) is 18.2 Å². The van der Waals surface area contributed by atoms with Crippen molar-refractivity contribution in [2.45, 2.75) is 0 Å². The Balaban J connectivity index is 2.31. The molecule has 2 heterocycles. The van der Waals surface area contributed by atoms with Crippen molar-refractivity contribution in [2.75, 3.05) is 0 Å². The Bertz CT molecular complexity index is 645. The number of hydrogen-bond donors (Lipinski definition) is 0.